The predicted molar refractivity (Wildman–Crippen MR) is 106 cm³/mol. The Morgan fingerprint density at radius 2 is 1.68 bits per heavy atom. The normalized spacial score (nSPS) is 15.3. The molecule has 9 heteroatoms. The Bertz CT molecular complexity index is 972. The van der Waals surface area contributed by atoms with Crippen LogP contribution in [0.1, 0.15) is 10.4 Å². The summed E-state index contributed by atoms with van der Waals surface area (Å²) in [5.41, 5.74) is 0.412. The molecule has 0 N–H and O–H groups in total. The fourth-order valence-corrected chi connectivity index (χ4v) is 4.87. The van der Waals surface area contributed by atoms with Gasteiger partial charge in [0.15, 0.2) is 0 Å². The summed E-state index contributed by atoms with van der Waals surface area (Å²) in [4.78, 5) is 14.3. The minimum atomic E-state index is -3.80. The van der Waals surface area contributed by atoms with Crippen LogP contribution in [0.15, 0.2) is 47.4 Å². The number of hydrogen-bond donors (Lipinski definition) is 0. The first-order chi connectivity index (χ1) is 13.4. The first kappa shape index (κ1) is 20.4. The number of halogens is 1. The van der Waals surface area contributed by atoms with Crippen molar-refractivity contribution in [2.75, 3.05) is 40.4 Å². The average molecular weight is 425 g/mol. The van der Waals surface area contributed by atoms with Crippen molar-refractivity contribution in [3.63, 3.8) is 0 Å². The molecule has 0 spiro atoms. The molecule has 1 heterocycles. The van der Waals surface area contributed by atoms with E-state index >= 15 is 0 Å². The van der Waals surface area contributed by atoms with Crippen molar-refractivity contribution in [2.24, 2.45) is 0 Å². The average Bonchev–Trinajstić information content (AvgIpc) is 2.73. The van der Waals surface area contributed by atoms with Gasteiger partial charge in [0.25, 0.3) is 5.91 Å². The summed E-state index contributed by atoms with van der Waals surface area (Å²) < 4.78 is 37.9. The van der Waals surface area contributed by atoms with E-state index in [9.17, 15) is 13.2 Å². The first-order valence-electron chi connectivity index (χ1n) is 8.64. The molecule has 1 amide bonds. The maximum Gasteiger partial charge on any atom is 0.255 e. The van der Waals surface area contributed by atoms with Gasteiger partial charge in [0.2, 0.25) is 10.0 Å². The second-order valence-corrected chi connectivity index (χ2v) is 8.51. The molecule has 0 unspecified atom stereocenters. The molecule has 3 rings (SSSR count). The van der Waals surface area contributed by atoms with Gasteiger partial charge in [-0.2, -0.15) is 4.31 Å². The zero-order valence-electron chi connectivity index (χ0n) is 15.6. The predicted octanol–water partition coefficient (Wildman–Crippen LogP) is 2.50. The highest BCUT2D eigenvalue weighted by molar-refractivity contribution is 7.89. The maximum absolute atomic E-state index is 13.1. The molecule has 28 heavy (non-hydrogen) atoms. The molecule has 0 saturated carbocycles. The number of amides is 1. The summed E-state index contributed by atoms with van der Waals surface area (Å²) in [6, 6.07) is 11.5. The molecule has 1 aliphatic heterocycles. The van der Waals surface area contributed by atoms with E-state index in [0.29, 0.717) is 16.3 Å². The van der Waals surface area contributed by atoms with Gasteiger partial charge in [-0.3, -0.25) is 4.79 Å². The van der Waals surface area contributed by atoms with Crippen LogP contribution in [0, 0.1) is 0 Å². The third kappa shape index (κ3) is 3.94. The number of sulfonamides is 1. The SMILES string of the molecule is COc1ccc(OC)c(S(=O)(=O)N2CCN(C(=O)c3ccccc3Cl)CC2)c1. The fraction of sp³-hybridized carbons (Fsp3) is 0.316. The highest BCUT2D eigenvalue weighted by Crippen LogP contribution is 2.31. The Labute approximate surface area is 169 Å². The molecule has 1 aliphatic rings. The topological polar surface area (TPSA) is 76.2 Å². The molecule has 2 aromatic carbocycles. The van der Waals surface area contributed by atoms with Crippen LogP contribution in [-0.4, -0.2) is 63.9 Å². The van der Waals surface area contributed by atoms with Crippen LogP contribution < -0.4 is 9.47 Å². The quantitative estimate of drug-likeness (QED) is 0.737. The molecule has 0 aromatic heterocycles. The number of methoxy groups -OCH3 is 2. The van der Waals surface area contributed by atoms with Crippen LogP contribution in [0.5, 0.6) is 11.5 Å². The van der Waals surface area contributed by atoms with E-state index in [0.717, 1.165) is 0 Å². The largest absolute Gasteiger partial charge is 0.497 e. The summed E-state index contributed by atoms with van der Waals surface area (Å²) >= 11 is 6.10. The number of carbonyl (C=O) groups is 1. The lowest BCUT2D eigenvalue weighted by Crippen LogP contribution is -2.50. The maximum atomic E-state index is 13.1. The van der Waals surface area contributed by atoms with Crippen molar-refractivity contribution < 1.29 is 22.7 Å². The summed E-state index contributed by atoms with van der Waals surface area (Å²) in [5, 5.41) is 0.378. The van der Waals surface area contributed by atoms with Crippen molar-refractivity contribution in [1.29, 1.82) is 0 Å². The van der Waals surface area contributed by atoms with Crippen molar-refractivity contribution >= 4 is 27.5 Å². The first-order valence-corrected chi connectivity index (χ1v) is 10.5. The van der Waals surface area contributed by atoms with Crippen LogP contribution in [0.2, 0.25) is 5.02 Å². The second kappa shape index (κ2) is 8.38. The monoisotopic (exact) mass is 424 g/mol. The number of hydrogen-bond acceptors (Lipinski definition) is 5. The lowest BCUT2D eigenvalue weighted by Gasteiger charge is -2.34. The van der Waals surface area contributed by atoms with Crippen LogP contribution in [0.3, 0.4) is 0 Å². The second-order valence-electron chi connectivity index (χ2n) is 6.19. The van der Waals surface area contributed by atoms with Crippen LogP contribution in [-0.2, 0) is 10.0 Å². The summed E-state index contributed by atoms with van der Waals surface area (Å²) in [7, 11) is -0.908. The van der Waals surface area contributed by atoms with Crippen molar-refractivity contribution in [3.8, 4) is 11.5 Å². The molecule has 0 atom stereocenters. The summed E-state index contributed by atoms with van der Waals surface area (Å²) in [6.45, 7) is 0.906. The Kier molecular flexibility index (Phi) is 6.12. The number of nitrogens with zero attached hydrogens (tertiary/aromatic N) is 2. The van der Waals surface area contributed by atoms with Gasteiger partial charge in [-0.25, -0.2) is 8.42 Å². The van der Waals surface area contributed by atoms with E-state index in [-0.39, 0.29) is 42.7 Å². The van der Waals surface area contributed by atoms with E-state index in [4.69, 9.17) is 21.1 Å². The molecular formula is C19H21ClN2O5S. The minimum absolute atomic E-state index is 0.0419. The van der Waals surface area contributed by atoms with Crippen molar-refractivity contribution in [3.05, 3.63) is 53.1 Å². The lowest BCUT2D eigenvalue weighted by molar-refractivity contribution is 0.0698. The van der Waals surface area contributed by atoms with Gasteiger partial charge in [-0.05, 0) is 24.3 Å². The van der Waals surface area contributed by atoms with E-state index in [2.05, 4.69) is 0 Å². The Hall–Kier alpha value is -2.29. The zero-order valence-corrected chi connectivity index (χ0v) is 17.2. The number of carbonyl (C=O) groups excluding carboxylic acids is 1. The third-order valence-electron chi connectivity index (χ3n) is 4.62. The van der Waals surface area contributed by atoms with Crippen LogP contribution >= 0.6 is 11.6 Å². The highest BCUT2D eigenvalue weighted by Gasteiger charge is 2.33. The molecule has 150 valence electrons. The van der Waals surface area contributed by atoms with Crippen LogP contribution in [0.25, 0.3) is 0 Å². The molecular weight excluding hydrogens is 404 g/mol. The van der Waals surface area contributed by atoms with Gasteiger partial charge < -0.3 is 14.4 Å². The highest BCUT2D eigenvalue weighted by atomic mass is 35.5. The molecule has 0 radical (unpaired) electrons. The molecule has 1 saturated heterocycles. The molecule has 1 fully saturated rings. The van der Waals surface area contributed by atoms with Crippen LogP contribution in [0.4, 0.5) is 0 Å². The van der Waals surface area contributed by atoms with Gasteiger partial charge in [0, 0.05) is 32.2 Å². The van der Waals surface area contributed by atoms with Gasteiger partial charge in [0.05, 0.1) is 24.8 Å². The number of benzene rings is 2. The van der Waals surface area contributed by atoms with Gasteiger partial charge in [0.1, 0.15) is 16.4 Å². The third-order valence-corrected chi connectivity index (χ3v) is 6.87. The fourth-order valence-electron chi connectivity index (χ4n) is 3.06. The number of rotatable bonds is 5. The molecule has 0 bridgehead atoms. The lowest BCUT2D eigenvalue weighted by atomic mass is 10.2. The standard InChI is InChI=1S/C19H21ClN2O5S/c1-26-14-7-8-17(27-2)18(13-14)28(24,25)22-11-9-21(10-12-22)19(23)15-5-3-4-6-16(15)20/h3-8,13H,9-12H2,1-2H3. The molecule has 2 aromatic rings. The number of piperazine rings is 1. The number of ether oxygens (including phenoxy) is 2. The minimum Gasteiger partial charge on any atom is -0.497 e. The van der Waals surface area contributed by atoms with Crippen molar-refractivity contribution in [1.82, 2.24) is 9.21 Å². The molecule has 7 nitrogen and oxygen atoms in total. The Morgan fingerprint density at radius 3 is 2.29 bits per heavy atom. The van der Waals surface area contributed by atoms with Crippen molar-refractivity contribution in [2.45, 2.75) is 4.90 Å². The Morgan fingerprint density at radius 1 is 1.00 bits per heavy atom. The molecule has 0 aliphatic carbocycles. The van der Waals surface area contributed by atoms with Gasteiger partial charge in [-0.15, -0.1) is 0 Å². The van der Waals surface area contributed by atoms with Gasteiger partial charge >= 0.3 is 0 Å². The zero-order chi connectivity index (χ0) is 20.3. The van der Waals surface area contributed by atoms with E-state index < -0.39 is 10.0 Å². The van der Waals surface area contributed by atoms with E-state index in [1.807, 2.05) is 0 Å². The van der Waals surface area contributed by atoms with E-state index in [1.54, 1.807) is 41.3 Å². The summed E-state index contributed by atoms with van der Waals surface area (Å²) in [6.07, 6.45) is 0. The van der Waals surface area contributed by atoms with Gasteiger partial charge in [-0.1, -0.05) is 23.7 Å². The van der Waals surface area contributed by atoms with E-state index in [1.165, 1.54) is 24.6 Å². The summed E-state index contributed by atoms with van der Waals surface area (Å²) in [5.74, 6) is 0.462. The Balaban J connectivity index is 1.77. The smallest absolute Gasteiger partial charge is 0.255 e.